The van der Waals surface area contributed by atoms with Crippen molar-refractivity contribution < 1.29 is 9.90 Å². The molecule has 3 rings (SSSR count). The summed E-state index contributed by atoms with van der Waals surface area (Å²) >= 11 is 0. The number of carbonyl (C=O) groups excluding carboxylic acids is 1. The first-order valence-corrected chi connectivity index (χ1v) is 8.74. The quantitative estimate of drug-likeness (QED) is 0.873. The Bertz CT molecular complexity index is 678. The van der Waals surface area contributed by atoms with Gasteiger partial charge in [-0.05, 0) is 24.1 Å². The average Bonchev–Trinajstić information content (AvgIpc) is 3.05. The average molecular weight is 339 g/mol. The maximum absolute atomic E-state index is 12.8. The summed E-state index contributed by atoms with van der Waals surface area (Å²) in [5, 5.41) is 9.80. The van der Waals surface area contributed by atoms with Crippen LogP contribution in [-0.4, -0.2) is 58.6 Å². The molecule has 5 heteroatoms. The van der Waals surface area contributed by atoms with E-state index in [1.54, 1.807) is 6.20 Å². The molecule has 1 amide bonds. The Balaban J connectivity index is 1.74. The number of hydrogen-bond acceptors (Lipinski definition) is 4. The van der Waals surface area contributed by atoms with Crippen molar-refractivity contribution in [2.24, 2.45) is 0 Å². The van der Waals surface area contributed by atoms with Gasteiger partial charge < -0.3 is 10.0 Å². The third kappa shape index (κ3) is 4.65. The van der Waals surface area contributed by atoms with Crippen LogP contribution >= 0.6 is 0 Å². The van der Waals surface area contributed by atoms with Crippen LogP contribution in [0.3, 0.4) is 0 Å². The largest absolute Gasteiger partial charge is 0.392 e. The van der Waals surface area contributed by atoms with Gasteiger partial charge in [-0.25, -0.2) is 0 Å². The smallest absolute Gasteiger partial charge is 0.228 e. The first kappa shape index (κ1) is 17.6. The van der Waals surface area contributed by atoms with E-state index in [1.165, 1.54) is 0 Å². The molecular formula is C20H25N3O2. The van der Waals surface area contributed by atoms with Gasteiger partial charge in [0.15, 0.2) is 0 Å². The molecule has 2 heterocycles. The van der Waals surface area contributed by atoms with Gasteiger partial charge in [-0.15, -0.1) is 0 Å². The Morgan fingerprint density at radius 2 is 2.04 bits per heavy atom. The molecule has 5 nitrogen and oxygen atoms in total. The van der Waals surface area contributed by atoms with Gasteiger partial charge in [-0.3, -0.25) is 14.7 Å². The molecule has 1 N–H and O–H groups in total. The van der Waals surface area contributed by atoms with E-state index in [-0.39, 0.29) is 18.1 Å². The fourth-order valence-corrected chi connectivity index (χ4v) is 3.31. The molecule has 0 bridgehead atoms. The monoisotopic (exact) mass is 339 g/mol. The van der Waals surface area contributed by atoms with Crippen molar-refractivity contribution in [2.75, 3.05) is 26.7 Å². The van der Waals surface area contributed by atoms with Gasteiger partial charge >= 0.3 is 0 Å². The molecule has 1 aliphatic rings. The minimum atomic E-state index is -0.258. The second-order valence-corrected chi connectivity index (χ2v) is 6.63. The zero-order valence-electron chi connectivity index (χ0n) is 14.6. The van der Waals surface area contributed by atoms with E-state index in [0.717, 1.165) is 30.8 Å². The first-order chi connectivity index (χ1) is 12.1. The predicted octanol–water partition coefficient (Wildman–Crippen LogP) is 1.89. The second-order valence-electron chi connectivity index (χ2n) is 6.63. The Morgan fingerprint density at radius 3 is 2.68 bits per heavy atom. The second kappa shape index (κ2) is 8.23. The molecule has 2 aromatic rings. The number of likely N-dealkylation sites (tertiary alicyclic amines) is 1. The summed E-state index contributed by atoms with van der Waals surface area (Å²) in [6.07, 6.45) is 2.55. The number of amides is 1. The molecule has 1 fully saturated rings. The Kier molecular flexibility index (Phi) is 5.79. The van der Waals surface area contributed by atoms with Crippen LogP contribution in [0.1, 0.15) is 23.7 Å². The summed E-state index contributed by atoms with van der Waals surface area (Å²) in [4.78, 5) is 21.1. The van der Waals surface area contributed by atoms with Gasteiger partial charge in [0.1, 0.15) is 0 Å². The third-order valence-corrected chi connectivity index (χ3v) is 4.78. The van der Waals surface area contributed by atoms with Crippen LogP contribution in [0.4, 0.5) is 0 Å². The molecule has 1 unspecified atom stereocenters. The van der Waals surface area contributed by atoms with Gasteiger partial charge in [-0.2, -0.15) is 0 Å². The summed E-state index contributed by atoms with van der Waals surface area (Å²) in [5.74, 6) is 0.0484. The number of nitrogens with zero attached hydrogens (tertiary/aromatic N) is 3. The molecule has 132 valence electrons. The number of β-amino-alcohol motifs (C(OH)–C–C–N with tert-alkyl or cyclic N) is 1. The number of benzene rings is 1. The van der Waals surface area contributed by atoms with Crippen molar-refractivity contribution in [3.63, 3.8) is 0 Å². The number of carbonyl (C=O) groups is 1. The number of likely N-dealkylation sites (N-methyl/N-ethyl adjacent to an activating group) is 1. The molecule has 1 aromatic heterocycles. The third-order valence-electron chi connectivity index (χ3n) is 4.78. The lowest BCUT2D eigenvalue weighted by molar-refractivity contribution is -0.131. The van der Waals surface area contributed by atoms with Gasteiger partial charge in [0.25, 0.3) is 0 Å². The Morgan fingerprint density at radius 1 is 1.28 bits per heavy atom. The number of rotatable bonds is 6. The number of aliphatic hydroxyl groups is 1. The van der Waals surface area contributed by atoms with Crippen molar-refractivity contribution in [3.8, 4) is 0 Å². The highest BCUT2D eigenvalue weighted by molar-refractivity contribution is 5.78. The summed E-state index contributed by atoms with van der Waals surface area (Å²) in [7, 11) is 1.86. The summed E-state index contributed by atoms with van der Waals surface area (Å²) in [6.45, 7) is 2.27. The highest BCUT2D eigenvalue weighted by atomic mass is 16.3. The number of aliphatic hydroxyl groups excluding tert-OH is 1. The van der Waals surface area contributed by atoms with Crippen LogP contribution in [0, 0.1) is 0 Å². The molecule has 0 radical (unpaired) electrons. The molecular weight excluding hydrogens is 314 g/mol. The molecule has 1 aliphatic heterocycles. The summed E-state index contributed by atoms with van der Waals surface area (Å²) in [6, 6.07) is 15.7. The van der Waals surface area contributed by atoms with E-state index in [4.69, 9.17) is 0 Å². The fourth-order valence-electron chi connectivity index (χ4n) is 3.31. The lowest BCUT2D eigenvalue weighted by atomic mass is 10.0. The van der Waals surface area contributed by atoms with Crippen molar-refractivity contribution in [1.29, 1.82) is 0 Å². The normalized spacial score (nSPS) is 18.9. The van der Waals surface area contributed by atoms with Crippen molar-refractivity contribution >= 4 is 5.91 Å². The van der Waals surface area contributed by atoms with Gasteiger partial charge in [0.2, 0.25) is 5.91 Å². The van der Waals surface area contributed by atoms with E-state index in [9.17, 15) is 9.90 Å². The molecule has 1 saturated heterocycles. The highest BCUT2D eigenvalue weighted by Crippen LogP contribution is 2.23. The minimum absolute atomic E-state index is 0.0392. The Hall–Kier alpha value is -2.24. The minimum Gasteiger partial charge on any atom is -0.392 e. The molecule has 0 aliphatic carbocycles. The van der Waals surface area contributed by atoms with Crippen LogP contribution in [0.5, 0.6) is 0 Å². The number of aromatic nitrogens is 1. The Labute approximate surface area is 148 Å². The van der Waals surface area contributed by atoms with Crippen molar-refractivity contribution in [3.05, 3.63) is 66.0 Å². The molecule has 25 heavy (non-hydrogen) atoms. The zero-order valence-corrected chi connectivity index (χ0v) is 14.6. The van der Waals surface area contributed by atoms with Crippen LogP contribution in [-0.2, 0) is 11.2 Å². The van der Waals surface area contributed by atoms with E-state index in [0.29, 0.717) is 13.0 Å². The van der Waals surface area contributed by atoms with Crippen LogP contribution in [0.2, 0.25) is 0 Å². The van der Waals surface area contributed by atoms with Crippen LogP contribution in [0.15, 0.2) is 54.7 Å². The standard InChI is InChI=1S/C20H25N3O2/c1-22(20(25)13-17-9-5-6-11-21-17)19(16-7-3-2-4-8-16)15-23-12-10-18(24)14-23/h2-9,11,18-19,24H,10,12-15H2,1H3/t18-,19?/m0/s1. The van der Waals surface area contributed by atoms with E-state index >= 15 is 0 Å². The topological polar surface area (TPSA) is 56.7 Å². The van der Waals surface area contributed by atoms with Crippen LogP contribution < -0.4 is 0 Å². The fraction of sp³-hybridized carbons (Fsp3) is 0.400. The maximum Gasteiger partial charge on any atom is 0.228 e. The van der Waals surface area contributed by atoms with Gasteiger partial charge in [0, 0.05) is 38.6 Å². The summed E-state index contributed by atoms with van der Waals surface area (Å²) < 4.78 is 0. The van der Waals surface area contributed by atoms with E-state index in [1.807, 2.05) is 48.3 Å². The highest BCUT2D eigenvalue weighted by Gasteiger charge is 2.28. The summed E-state index contributed by atoms with van der Waals surface area (Å²) in [5.41, 5.74) is 1.89. The first-order valence-electron chi connectivity index (χ1n) is 8.74. The van der Waals surface area contributed by atoms with Crippen molar-refractivity contribution in [1.82, 2.24) is 14.8 Å². The number of pyridine rings is 1. The van der Waals surface area contributed by atoms with E-state index in [2.05, 4.69) is 22.0 Å². The van der Waals surface area contributed by atoms with Crippen LogP contribution in [0.25, 0.3) is 0 Å². The van der Waals surface area contributed by atoms with Crippen molar-refractivity contribution in [2.45, 2.75) is 25.0 Å². The molecule has 2 atom stereocenters. The molecule has 0 spiro atoms. The van der Waals surface area contributed by atoms with Gasteiger partial charge in [-0.1, -0.05) is 36.4 Å². The zero-order chi connectivity index (χ0) is 17.6. The van der Waals surface area contributed by atoms with E-state index < -0.39 is 0 Å². The van der Waals surface area contributed by atoms with Gasteiger partial charge in [0.05, 0.1) is 18.6 Å². The molecule has 1 aromatic carbocycles. The lowest BCUT2D eigenvalue weighted by Crippen LogP contribution is -2.39. The lowest BCUT2D eigenvalue weighted by Gasteiger charge is -2.32. The SMILES string of the molecule is CN(C(=O)Cc1ccccn1)C(CN1CC[C@H](O)C1)c1ccccc1. The molecule has 0 saturated carbocycles. The predicted molar refractivity (Wildman–Crippen MR) is 97.0 cm³/mol. The maximum atomic E-state index is 12.8. The number of hydrogen-bond donors (Lipinski definition) is 1.